The molecule has 2 saturated heterocycles. The number of carbonyl (C=O) groups is 3. The molecule has 9 nitrogen and oxygen atoms in total. The maximum atomic E-state index is 13.3. The Morgan fingerprint density at radius 3 is 2.55 bits per heavy atom. The molecule has 2 N–H and O–H groups in total. The molecule has 2 aliphatic rings. The predicted octanol–water partition coefficient (Wildman–Crippen LogP) is 2.33. The number of rotatable bonds is 7. The van der Waals surface area contributed by atoms with Gasteiger partial charge in [-0.15, -0.1) is 0 Å². The van der Waals surface area contributed by atoms with Crippen molar-refractivity contribution in [2.24, 2.45) is 0 Å². The Morgan fingerprint density at radius 1 is 0.974 bits per heavy atom. The number of piperazine rings is 2. The molecule has 0 saturated carbocycles. The van der Waals surface area contributed by atoms with Gasteiger partial charge in [0, 0.05) is 62.1 Å². The highest BCUT2D eigenvalue weighted by Gasteiger charge is 2.35. The molecule has 2 aliphatic heterocycles. The highest BCUT2D eigenvalue weighted by atomic mass is 16.5. The van der Waals surface area contributed by atoms with Gasteiger partial charge in [-0.05, 0) is 23.6 Å². The highest BCUT2D eigenvalue weighted by Crippen LogP contribution is 2.24. The lowest BCUT2D eigenvalue weighted by atomic mass is 10.1. The second-order valence-corrected chi connectivity index (χ2v) is 9.64. The molecule has 3 aromatic rings. The van der Waals surface area contributed by atoms with E-state index in [0.29, 0.717) is 18.8 Å². The first-order valence-electron chi connectivity index (χ1n) is 13.0. The molecule has 1 atom stereocenters. The monoisotopic (exact) mass is 515 g/mol. The van der Waals surface area contributed by atoms with E-state index in [4.69, 9.17) is 4.74 Å². The van der Waals surface area contributed by atoms with Crippen LogP contribution in [0, 0.1) is 0 Å². The molecule has 3 aromatic carbocycles. The van der Waals surface area contributed by atoms with Crippen LogP contribution >= 0.6 is 0 Å². The Balaban J connectivity index is 1.19. The molecular weight excluding hydrogens is 482 g/mol. The molecule has 0 radical (unpaired) electrons. The molecule has 0 bridgehead atoms. The normalized spacial score (nSPS) is 18.2. The SMILES string of the molecule is COc1cccc(N2CCN(CC(=O)N3CCNC(=O)[C@H]3CC(=O)Nc3cccc4ccccc34)CC2)c1. The van der Waals surface area contributed by atoms with Crippen molar-refractivity contribution in [3.05, 3.63) is 66.7 Å². The van der Waals surface area contributed by atoms with Crippen LogP contribution in [-0.4, -0.2) is 86.5 Å². The van der Waals surface area contributed by atoms with E-state index in [1.54, 1.807) is 12.0 Å². The van der Waals surface area contributed by atoms with Crippen molar-refractivity contribution in [3.63, 3.8) is 0 Å². The standard InChI is InChI=1S/C29H33N5O4/c1-38-23-9-5-8-22(18-23)33-16-14-32(15-17-33)20-28(36)34-13-12-30-29(37)26(34)19-27(35)31-25-11-4-7-21-6-2-3-10-24(21)25/h2-11,18,26H,12-17,19-20H2,1H3,(H,30,37)(H,31,35)/t26-/m1/s1. The summed E-state index contributed by atoms with van der Waals surface area (Å²) >= 11 is 0. The van der Waals surface area contributed by atoms with Crippen LogP contribution in [-0.2, 0) is 14.4 Å². The predicted molar refractivity (Wildman–Crippen MR) is 147 cm³/mol. The van der Waals surface area contributed by atoms with Gasteiger partial charge in [0.1, 0.15) is 11.8 Å². The Morgan fingerprint density at radius 2 is 1.74 bits per heavy atom. The number of nitrogens with one attached hydrogen (secondary N) is 2. The Hall–Kier alpha value is -4.11. The van der Waals surface area contributed by atoms with E-state index in [0.717, 1.165) is 48.4 Å². The molecule has 38 heavy (non-hydrogen) atoms. The lowest BCUT2D eigenvalue weighted by Gasteiger charge is -2.39. The number of hydrogen-bond acceptors (Lipinski definition) is 6. The fourth-order valence-corrected chi connectivity index (χ4v) is 5.18. The van der Waals surface area contributed by atoms with Crippen LogP contribution in [0.1, 0.15) is 6.42 Å². The van der Waals surface area contributed by atoms with E-state index in [1.807, 2.05) is 60.7 Å². The van der Waals surface area contributed by atoms with Crippen molar-refractivity contribution in [1.29, 1.82) is 0 Å². The minimum atomic E-state index is -0.829. The second kappa shape index (κ2) is 11.5. The Kier molecular flexibility index (Phi) is 7.74. The summed E-state index contributed by atoms with van der Waals surface area (Å²) in [5.41, 5.74) is 1.79. The van der Waals surface area contributed by atoms with E-state index >= 15 is 0 Å². The van der Waals surface area contributed by atoms with E-state index < -0.39 is 6.04 Å². The van der Waals surface area contributed by atoms with Gasteiger partial charge in [0.05, 0.1) is 20.1 Å². The fourth-order valence-electron chi connectivity index (χ4n) is 5.18. The summed E-state index contributed by atoms with van der Waals surface area (Å²) in [4.78, 5) is 45.0. The van der Waals surface area contributed by atoms with Crippen LogP contribution in [0.3, 0.4) is 0 Å². The Bertz CT molecular complexity index is 1320. The smallest absolute Gasteiger partial charge is 0.243 e. The number of anilines is 2. The molecule has 2 fully saturated rings. The largest absolute Gasteiger partial charge is 0.497 e. The van der Waals surface area contributed by atoms with E-state index in [2.05, 4.69) is 26.5 Å². The third-order valence-corrected chi connectivity index (χ3v) is 7.24. The van der Waals surface area contributed by atoms with Gasteiger partial charge in [-0.1, -0.05) is 42.5 Å². The zero-order valence-electron chi connectivity index (χ0n) is 21.6. The zero-order chi connectivity index (χ0) is 26.5. The van der Waals surface area contributed by atoms with Crippen LogP contribution in [0.4, 0.5) is 11.4 Å². The van der Waals surface area contributed by atoms with Crippen molar-refractivity contribution < 1.29 is 19.1 Å². The van der Waals surface area contributed by atoms with Gasteiger partial charge in [0.2, 0.25) is 17.7 Å². The first-order valence-corrected chi connectivity index (χ1v) is 13.0. The summed E-state index contributed by atoms with van der Waals surface area (Å²) in [7, 11) is 1.66. The van der Waals surface area contributed by atoms with Crippen molar-refractivity contribution in [1.82, 2.24) is 15.1 Å². The van der Waals surface area contributed by atoms with Gasteiger partial charge < -0.3 is 25.2 Å². The molecule has 0 spiro atoms. The average Bonchev–Trinajstić information content (AvgIpc) is 2.94. The van der Waals surface area contributed by atoms with Crippen LogP contribution in [0.25, 0.3) is 10.8 Å². The van der Waals surface area contributed by atoms with Crippen LogP contribution in [0.5, 0.6) is 5.75 Å². The first-order chi connectivity index (χ1) is 18.5. The molecule has 5 rings (SSSR count). The summed E-state index contributed by atoms with van der Waals surface area (Å²) in [6.07, 6.45) is -0.0928. The number of hydrogen-bond donors (Lipinski definition) is 2. The van der Waals surface area contributed by atoms with Crippen molar-refractivity contribution in [3.8, 4) is 5.75 Å². The fraction of sp³-hybridized carbons (Fsp3) is 0.345. The summed E-state index contributed by atoms with van der Waals surface area (Å²) in [5.74, 6) is 0.102. The zero-order valence-corrected chi connectivity index (χ0v) is 21.6. The van der Waals surface area contributed by atoms with E-state index in [-0.39, 0.29) is 30.7 Å². The maximum absolute atomic E-state index is 13.3. The number of ether oxygens (including phenoxy) is 1. The van der Waals surface area contributed by atoms with E-state index in [9.17, 15) is 14.4 Å². The maximum Gasteiger partial charge on any atom is 0.243 e. The Labute approximate surface area is 222 Å². The van der Waals surface area contributed by atoms with Gasteiger partial charge in [-0.2, -0.15) is 0 Å². The lowest BCUT2D eigenvalue weighted by Crippen LogP contribution is -2.60. The number of fused-ring (bicyclic) bond motifs is 1. The van der Waals surface area contributed by atoms with Gasteiger partial charge in [-0.25, -0.2) is 0 Å². The van der Waals surface area contributed by atoms with Crippen molar-refractivity contribution in [2.75, 3.05) is 63.1 Å². The van der Waals surface area contributed by atoms with Crippen LogP contribution in [0.2, 0.25) is 0 Å². The van der Waals surface area contributed by atoms with Crippen molar-refractivity contribution >= 4 is 39.9 Å². The molecule has 0 unspecified atom stereocenters. The molecule has 2 heterocycles. The summed E-state index contributed by atoms with van der Waals surface area (Å²) in [6.45, 7) is 4.04. The molecular formula is C29H33N5O4. The molecule has 0 aliphatic carbocycles. The average molecular weight is 516 g/mol. The third kappa shape index (κ3) is 5.73. The van der Waals surface area contributed by atoms with Gasteiger partial charge in [0.25, 0.3) is 0 Å². The highest BCUT2D eigenvalue weighted by molar-refractivity contribution is 6.04. The number of benzene rings is 3. The minimum Gasteiger partial charge on any atom is -0.497 e. The number of carbonyl (C=O) groups excluding carboxylic acids is 3. The minimum absolute atomic E-state index is 0.0928. The number of nitrogens with zero attached hydrogens (tertiary/aromatic N) is 3. The van der Waals surface area contributed by atoms with Crippen LogP contribution < -0.4 is 20.3 Å². The van der Waals surface area contributed by atoms with E-state index in [1.165, 1.54) is 0 Å². The second-order valence-electron chi connectivity index (χ2n) is 9.64. The molecule has 0 aromatic heterocycles. The first kappa shape index (κ1) is 25.5. The summed E-state index contributed by atoms with van der Waals surface area (Å²) < 4.78 is 5.34. The number of amides is 3. The van der Waals surface area contributed by atoms with Gasteiger partial charge >= 0.3 is 0 Å². The topological polar surface area (TPSA) is 94.2 Å². The molecule has 9 heteroatoms. The van der Waals surface area contributed by atoms with Crippen LogP contribution in [0.15, 0.2) is 66.7 Å². The quantitative estimate of drug-likeness (QED) is 0.502. The lowest BCUT2D eigenvalue weighted by molar-refractivity contribution is -0.145. The van der Waals surface area contributed by atoms with Gasteiger partial charge in [0.15, 0.2) is 0 Å². The third-order valence-electron chi connectivity index (χ3n) is 7.24. The molecule has 198 valence electrons. The molecule has 3 amide bonds. The number of methoxy groups -OCH3 is 1. The van der Waals surface area contributed by atoms with Crippen molar-refractivity contribution in [2.45, 2.75) is 12.5 Å². The summed E-state index contributed by atoms with van der Waals surface area (Å²) in [5, 5.41) is 7.70. The van der Waals surface area contributed by atoms with Gasteiger partial charge in [-0.3, -0.25) is 19.3 Å². The summed E-state index contributed by atoms with van der Waals surface area (Å²) in [6, 6.07) is 20.6.